The fraction of sp³-hybridized carbons (Fsp3) is 0.417. The highest BCUT2D eigenvalue weighted by Crippen LogP contribution is 2.23. The Hall–Kier alpha value is -1.91. The first-order valence-electron chi connectivity index (χ1n) is 5.33. The number of nitrogens with zero attached hydrogens (tertiary/aromatic N) is 1. The molecule has 92 valence electrons. The van der Waals surface area contributed by atoms with E-state index in [1.54, 1.807) is 19.1 Å². The fourth-order valence-electron chi connectivity index (χ4n) is 1.53. The lowest BCUT2D eigenvalue weighted by molar-refractivity contribution is -0.384. The molecule has 0 aliphatic rings. The summed E-state index contributed by atoms with van der Waals surface area (Å²) in [6.45, 7) is 5.07. The van der Waals surface area contributed by atoms with Crippen LogP contribution in [0.1, 0.15) is 32.3 Å². The maximum absolute atomic E-state index is 10.8. The van der Waals surface area contributed by atoms with Gasteiger partial charge in [0.15, 0.2) is 0 Å². The van der Waals surface area contributed by atoms with Crippen LogP contribution in [0, 0.1) is 10.1 Å². The van der Waals surface area contributed by atoms with E-state index in [4.69, 9.17) is 4.74 Å². The maximum Gasteiger partial charge on any atom is 0.302 e. The van der Waals surface area contributed by atoms with Gasteiger partial charge in [0.25, 0.3) is 5.69 Å². The molecule has 0 fully saturated rings. The minimum absolute atomic E-state index is 0.000274. The van der Waals surface area contributed by atoms with E-state index in [0.717, 1.165) is 5.56 Å². The zero-order chi connectivity index (χ0) is 13.0. The average Bonchev–Trinajstić information content (AvgIpc) is 2.27. The van der Waals surface area contributed by atoms with Crippen LogP contribution in [0.4, 0.5) is 5.69 Å². The van der Waals surface area contributed by atoms with Crippen molar-refractivity contribution >= 4 is 11.7 Å². The number of hydrogen-bond donors (Lipinski definition) is 0. The van der Waals surface area contributed by atoms with Crippen LogP contribution in [0.25, 0.3) is 0 Å². The van der Waals surface area contributed by atoms with Gasteiger partial charge < -0.3 is 4.74 Å². The molecule has 0 spiro atoms. The second-order valence-electron chi connectivity index (χ2n) is 3.95. The third kappa shape index (κ3) is 3.55. The first-order chi connectivity index (χ1) is 7.91. The third-order valence-electron chi connectivity index (χ3n) is 2.69. The summed E-state index contributed by atoms with van der Waals surface area (Å²) in [5.41, 5.74) is 0.963. The Morgan fingerprint density at radius 1 is 1.29 bits per heavy atom. The van der Waals surface area contributed by atoms with Gasteiger partial charge >= 0.3 is 5.97 Å². The number of nitro benzene ring substituents is 1. The highest BCUT2D eigenvalue weighted by molar-refractivity contribution is 5.66. The van der Waals surface area contributed by atoms with E-state index >= 15 is 0 Å². The number of hydrogen-bond acceptors (Lipinski definition) is 4. The minimum Gasteiger partial charge on any atom is -0.462 e. The zero-order valence-corrected chi connectivity index (χ0v) is 10.0. The van der Waals surface area contributed by atoms with Crippen molar-refractivity contribution in [2.45, 2.75) is 32.8 Å². The van der Waals surface area contributed by atoms with Crippen molar-refractivity contribution in [2.75, 3.05) is 0 Å². The lowest BCUT2D eigenvalue weighted by Gasteiger charge is -2.19. The summed E-state index contributed by atoms with van der Waals surface area (Å²) in [7, 11) is 0. The molecule has 0 amide bonds. The number of esters is 1. The third-order valence-corrected chi connectivity index (χ3v) is 2.69. The van der Waals surface area contributed by atoms with E-state index in [2.05, 4.69) is 0 Å². The summed E-state index contributed by atoms with van der Waals surface area (Å²) in [6.07, 6.45) is -0.256. The molecule has 5 heteroatoms. The molecule has 0 heterocycles. The fourth-order valence-corrected chi connectivity index (χ4v) is 1.53. The van der Waals surface area contributed by atoms with Crippen molar-refractivity contribution in [1.82, 2.24) is 0 Å². The van der Waals surface area contributed by atoms with E-state index in [9.17, 15) is 14.9 Å². The van der Waals surface area contributed by atoms with Gasteiger partial charge in [0.05, 0.1) is 4.92 Å². The topological polar surface area (TPSA) is 69.4 Å². The van der Waals surface area contributed by atoms with Crippen molar-refractivity contribution < 1.29 is 14.5 Å². The van der Waals surface area contributed by atoms with E-state index < -0.39 is 4.92 Å². The Bertz CT molecular complexity index is 413. The Labute approximate surface area is 99.5 Å². The average molecular weight is 237 g/mol. The molecule has 1 rings (SSSR count). The van der Waals surface area contributed by atoms with Crippen molar-refractivity contribution in [3.05, 3.63) is 39.9 Å². The molecule has 0 N–H and O–H groups in total. The van der Waals surface area contributed by atoms with E-state index in [0.29, 0.717) is 0 Å². The molecule has 1 aromatic carbocycles. The van der Waals surface area contributed by atoms with Crippen LogP contribution in [0.15, 0.2) is 24.3 Å². The SMILES string of the molecule is CC(=O)O[C@@H](C)[C@H](C)c1ccc([N+](=O)[O-])cc1. The largest absolute Gasteiger partial charge is 0.462 e. The second kappa shape index (κ2) is 5.43. The number of carbonyl (C=O) groups is 1. The number of nitro groups is 1. The van der Waals surface area contributed by atoms with Crippen LogP contribution in [-0.2, 0) is 9.53 Å². The molecular weight excluding hydrogens is 222 g/mol. The van der Waals surface area contributed by atoms with Gasteiger partial charge in [-0.1, -0.05) is 19.1 Å². The van der Waals surface area contributed by atoms with Crippen LogP contribution in [0.3, 0.4) is 0 Å². The maximum atomic E-state index is 10.8. The summed E-state index contributed by atoms with van der Waals surface area (Å²) in [5.74, 6) is -0.328. The predicted octanol–water partition coefficient (Wildman–Crippen LogP) is 2.65. The summed E-state index contributed by atoms with van der Waals surface area (Å²) in [6, 6.07) is 6.27. The zero-order valence-electron chi connectivity index (χ0n) is 10.0. The molecule has 0 unspecified atom stereocenters. The van der Waals surface area contributed by atoms with Crippen molar-refractivity contribution in [1.29, 1.82) is 0 Å². The summed E-state index contributed by atoms with van der Waals surface area (Å²) in [4.78, 5) is 20.9. The predicted molar refractivity (Wildman–Crippen MR) is 62.7 cm³/mol. The van der Waals surface area contributed by atoms with Crippen LogP contribution < -0.4 is 0 Å². The summed E-state index contributed by atoms with van der Waals surface area (Å²) < 4.78 is 5.07. The standard InChI is InChI=1S/C12H15NO4/c1-8(9(2)17-10(3)14)11-4-6-12(7-5-11)13(15)16/h4-9H,1-3H3/t8-,9-/m0/s1. The molecule has 0 saturated heterocycles. The van der Waals surface area contributed by atoms with Crippen LogP contribution in [0.5, 0.6) is 0 Å². The van der Waals surface area contributed by atoms with Gasteiger partial charge in [0.1, 0.15) is 6.10 Å². The van der Waals surface area contributed by atoms with E-state index in [-0.39, 0.29) is 23.7 Å². The molecule has 0 aromatic heterocycles. The smallest absolute Gasteiger partial charge is 0.302 e. The Morgan fingerprint density at radius 2 is 1.82 bits per heavy atom. The molecule has 0 saturated carbocycles. The van der Waals surface area contributed by atoms with Gasteiger partial charge in [-0.25, -0.2) is 0 Å². The molecule has 0 radical (unpaired) electrons. The van der Waals surface area contributed by atoms with Crippen LogP contribution in [-0.4, -0.2) is 17.0 Å². The molecule has 0 aliphatic heterocycles. The molecule has 1 aromatic rings. The molecule has 2 atom stereocenters. The normalized spacial score (nSPS) is 13.8. The Kier molecular flexibility index (Phi) is 4.20. The molecule has 17 heavy (non-hydrogen) atoms. The Balaban J connectivity index is 2.78. The molecule has 5 nitrogen and oxygen atoms in total. The van der Waals surface area contributed by atoms with E-state index in [1.165, 1.54) is 19.1 Å². The second-order valence-corrected chi connectivity index (χ2v) is 3.95. The van der Waals surface area contributed by atoms with Crippen molar-refractivity contribution in [3.63, 3.8) is 0 Å². The minimum atomic E-state index is -0.441. The number of carbonyl (C=O) groups excluding carboxylic acids is 1. The monoisotopic (exact) mass is 237 g/mol. The van der Waals surface area contributed by atoms with Crippen LogP contribution in [0.2, 0.25) is 0 Å². The quantitative estimate of drug-likeness (QED) is 0.458. The number of ether oxygens (including phenoxy) is 1. The summed E-state index contributed by atoms with van der Waals surface area (Å²) in [5, 5.41) is 10.5. The molecular formula is C12H15NO4. The lowest BCUT2D eigenvalue weighted by atomic mass is 9.96. The highest BCUT2D eigenvalue weighted by Gasteiger charge is 2.17. The summed E-state index contributed by atoms with van der Waals surface area (Å²) >= 11 is 0. The molecule has 0 aliphatic carbocycles. The van der Waals surface area contributed by atoms with Gasteiger partial charge in [-0.3, -0.25) is 14.9 Å². The number of rotatable bonds is 4. The van der Waals surface area contributed by atoms with Gasteiger partial charge in [-0.05, 0) is 12.5 Å². The van der Waals surface area contributed by atoms with Gasteiger partial charge in [-0.2, -0.15) is 0 Å². The first kappa shape index (κ1) is 13.2. The first-order valence-corrected chi connectivity index (χ1v) is 5.33. The van der Waals surface area contributed by atoms with Crippen molar-refractivity contribution in [2.24, 2.45) is 0 Å². The Morgan fingerprint density at radius 3 is 2.24 bits per heavy atom. The van der Waals surface area contributed by atoms with Crippen molar-refractivity contribution in [3.8, 4) is 0 Å². The van der Waals surface area contributed by atoms with Gasteiger partial charge in [-0.15, -0.1) is 0 Å². The lowest BCUT2D eigenvalue weighted by Crippen LogP contribution is -2.19. The number of non-ortho nitro benzene ring substituents is 1. The molecule has 0 bridgehead atoms. The van der Waals surface area contributed by atoms with Gasteiger partial charge in [0.2, 0.25) is 0 Å². The highest BCUT2D eigenvalue weighted by atomic mass is 16.6. The number of benzene rings is 1. The van der Waals surface area contributed by atoms with E-state index in [1.807, 2.05) is 6.92 Å². The van der Waals surface area contributed by atoms with Crippen LogP contribution >= 0.6 is 0 Å². The van der Waals surface area contributed by atoms with Gasteiger partial charge in [0, 0.05) is 25.0 Å².